The van der Waals surface area contributed by atoms with Crippen molar-refractivity contribution < 1.29 is 18.7 Å². The smallest absolute Gasteiger partial charge is 0.335 e. The van der Waals surface area contributed by atoms with E-state index in [9.17, 15) is 4.79 Å². The van der Waals surface area contributed by atoms with E-state index in [2.05, 4.69) is 4.98 Å². The lowest BCUT2D eigenvalue weighted by Crippen LogP contribution is -1.94. The predicted octanol–water partition coefficient (Wildman–Crippen LogP) is 3.94. The summed E-state index contributed by atoms with van der Waals surface area (Å²) in [6, 6.07) is 14.0. The molecule has 0 saturated heterocycles. The number of fused-ring (bicyclic) bond motifs is 2. The van der Waals surface area contributed by atoms with Crippen molar-refractivity contribution in [2.75, 3.05) is 0 Å². The van der Waals surface area contributed by atoms with E-state index in [1.807, 2.05) is 30.3 Å². The molecule has 102 valence electrons. The SMILES string of the molecule is O=C(O)c1ccc2nc(-c3cc4ccccc4o3)oc2c1. The van der Waals surface area contributed by atoms with Crippen LogP contribution in [-0.4, -0.2) is 16.1 Å². The molecule has 21 heavy (non-hydrogen) atoms. The highest BCUT2D eigenvalue weighted by molar-refractivity contribution is 5.92. The van der Waals surface area contributed by atoms with Crippen molar-refractivity contribution in [3.8, 4) is 11.7 Å². The lowest BCUT2D eigenvalue weighted by Gasteiger charge is -1.91. The molecule has 0 bridgehead atoms. The molecule has 0 unspecified atom stereocenters. The summed E-state index contributed by atoms with van der Waals surface area (Å²) < 4.78 is 11.3. The number of rotatable bonds is 2. The lowest BCUT2D eigenvalue weighted by molar-refractivity contribution is 0.0697. The normalized spacial score (nSPS) is 11.2. The first-order valence-corrected chi connectivity index (χ1v) is 6.33. The van der Waals surface area contributed by atoms with Gasteiger partial charge in [-0.1, -0.05) is 18.2 Å². The average molecular weight is 279 g/mol. The molecule has 5 heteroatoms. The van der Waals surface area contributed by atoms with E-state index in [1.54, 1.807) is 6.07 Å². The average Bonchev–Trinajstić information content (AvgIpc) is 3.09. The number of hydrogen-bond donors (Lipinski definition) is 1. The molecule has 0 spiro atoms. The number of furan rings is 1. The van der Waals surface area contributed by atoms with Gasteiger partial charge in [0, 0.05) is 5.39 Å². The van der Waals surface area contributed by atoms with Gasteiger partial charge in [0.1, 0.15) is 11.1 Å². The predicted molar refractivity (Wildman–Crippen MR) is 76.2 cm³/mol. The summed E-state index contributed by atoms with van der Waals surface area (Å²) in [5, 5.41) is 9.94. The van der Waals surface area contributed by atoms with E-state index in [0.29, 0.717) is 22.8 Å². The molecule has 2 aromatic heterocycles. The van der Waals surface area contributed by atoms with Gasteiger partial charge < -0.3 is 13.9 Å². The molecule has 4 aromatic rings. The third-order valence-corrected chi connectivity index (χ3v) is 3.27. The van der Waals surface area contributed by atoms with Crippen LogP contribution in [0.2, 0.25) is 0 Å². The molecule has 0 aliphatic heterocycles. The molecule has 0 aliphatic carbocycles. The fourth-order valence-corrected chi connectivity index (χ4v) is 2.25. The molecule has 0 radical (unpaired) electrons. The third kappa shape index (κ3) is 1.87. The van der Waals surface area contributed by atoms with Crippen LogP contribution >= 0.6 is 0 Å². The molecule has 0 saturated carbocycles. The molecule has 2 heterocycles. The van der Waals surface area contributed by atoms with Crippen molar-refractivity contribution in [2.24, 2.45) is 0 Å². The van der Waals surface area contributed by atoms with Gasteiger partial charge in [0.2, 0.25) is 0 Å². The number of carboxylic acids is 1. The van der Waals surface area contributed by atoms with Gasteiger partial charge >= 0.3 is 5.97 Å². The van der Waals surface area contributed by atoms with Gasteiger partial charge in [-0.15, -0.1) is 0 Å². The summed E-state index contributed by atoms with van der Waals surface area (Å²) in [6.45, 7) is 0. The van der Waals surface area contributed by atoms with Crippen molar-refractivity contribution in [2.45, 2.75) is 0 Å². The molecule has 4 rings (SSSR count). The summed E-state index contributed by atoms with van der Waals surface area (Å²) in [6.07, 6.45) is 0. The Bertz CT molecular complexity index is 947. The second kappa shape index (κ2) is 4.21. The van der Waals surface area contributed by atoms with E-state index in [1.165, 1.54) is 12.1 Å². The van der Waals surface area contributed by atoms with Crippen LogP contribution in [0.1, 0.15) is 10.4 Å². The van der Waals surface area contributed by atoms with E-state index in [-0.39, 0.29) is 5.56 Å². The highest BCUT2D eigenvalue weighted by Gasteiger charge is 2.14. The molecule has 5 nitrogen and oxygen atoms in total. The Hall–Kier alpha value is -3.08. The summed E-state index contributed by atoms with van der Waals surface area (Å²) in [5.41, 5.74) is 1.93. The number of para-hydroxylation sites is 1. The molecule has 0 aliphatic rings. The van der Waals surface area contributed by atoms with Crippen LogP contribution < -0.4 is 0 Å². The first-order chi connectivity index (χ1) is 10.2. The highest BCUT2D eigenvalue weighted by atomic mass is 16.4. The minimum absolute atomic E-state index is 0.162. The van der Waals surface area contributed by atoms with Crippen LogP contribution in [0.5, 0.6) is 0 Å². The standard InChI is InChI=1S/C16H9NO4/c18-16(19)10-5-6-11-13(8-10)21-15(17-11)14-7-9-3-1-2-4-12(9)20-14/h1-8H,(H,18,19). The Morgan fingerprint density at radius 1 is 1.00 bits per heavy atom. The number of aromatic nitrogens is 1. The molecule has 0 atom stereocenters. The van der Waals surface area contributed by atoms with Crippen LogP contribution in [-0.2, 0) is 0 Å². The highest BCUT2D eigenvalue weighted by Crippen LogP contribution is 2.29. The molecule has 0 fully saturated rings. The topological polar surface area (TPSA) is 76.5 Å². The molecule has 0 amide bonds. The van der Waals surface area contributed by atoms with Gasteiger partial charge in [-0.05, 0) is 30.3 Å². The van der Waals surface area contributed by atoms with E-state index < -0.39 is 5.97 Å². The fraction of sp³-hybridized carbons (Fsp3) is 0. The van der Waals surface area contributed by atoms with Gasteiger partial charge in [-0.2, -0.15) is 0 Å². The van der Waals surface area contributed by atoms with E-state index in [0.717, 1.165) is 11.0 Å². The van der Waals surface area contributed by atoms with Gasteiger partial charge in [-0.3, -0.25) is 0 Å². The zero-order valence-electron chi connectivity index (χ0n) is 10.7. The zero-order chi connectivity index (χ0) is 14.4. The van der Waals surface area contributed by atoms with Crippen LogP contribution in [0, 0.1) is 0 Å². The Morgan fingerprint density at radius 3 is 2.67 bits per heavy atom. The maximum absolute atomic E-state index is 11.0. The third-order valence-electron chi connectivity index (χ3n) is 3.27. The summed E-state index contributed by atoms with van der Waals surface area (Å²) >= 11 is 0. The van der Waals surface area contributed by atoms with Gasteiger partial charge in [-0.25, -0.2) is 9.78 Å². The minimum Gasteiger partial charge on any atom is -0.478 e. The number of hydrogen-bond acceptors (Lipinski definition) is 4. The number of carbonyl (C=O) groups is 1. The Kier molecular flexibility index (Phi) is 2.35. The van der Waals surface area contributed by atoms with Crippen LogP contribution in [0.25, 0.3) is 33.7 Å². The van der Waals surface area contributed by atoms with Gasteiger partial charge in [0.05, 0.1) is 5.56 Å². The van der Waals surface area contributed by atoms with Crippen molar-refractivity contribution in [3.05, 3.63) is 54.1 Å². The second-order valence-corrected chi connectivity index (χ2v) is 4.66. The Morgan fingerprint density at radius 2 is 1.86 bits per heavy atom. The molecular formula is C16H9NO4. The van der Waals surface area contributed by atoms with Crippen LogP contribution in [0.4, 0.5) is 0 Å². The number of aromatic carboxylic acids is 1. The van der Waals surface area contributed by atoms with Crippen LogP contribution in [0.3, 0.4) is 0 Å². The number of oxazole rings is 1. The van der Waals surface area contributed by atoms with E-state index in [4.69, 9.17) is 13.9 Å². The van der Waals surface area contributed by atoms with Crippen LogP contribution in [0.15, 0.2) is 57.4 Å². The maximum Gasteiger partial charge on any atom is 0.335 e. The number of benzene rings is 2. The van der Waals surface area contributed by atoms with Gasteiger partial charge in [0.15, 0.2) is 11.3 Å². The van der Waals surface area contributed by atoms with Crippen molar-refractivity contribution in [1.82, 2.24) is 4.98 Å². The molecule has 2 aromatic carbocycles. The Labute approximate surface area is 118 Å². The molecule has 1 N–H and O–H groups in total. The fourth-order valence-electron chi connectivity index (χ4n) is 2.25. The minimum atomic E-state index is -1.00. The zero-order valence-corrected chi connectivity index (χ0v) is 10.7. The number of carboxylic acid groups (broad SMARTS) is 1. The lowest BCUT2D eigenvalue weighted by atomic mass is 10.2. The monoisotopic (exact) mass is 279 g/mol. The maximum atomic E-state index is 11.0. The molecular weight excluding hydrogens is 270 g/mol. The number of nitrogens with zero attached hydrogens (tertiary/aromatic N) is 1. The Balaban J connectivity index is 1.87. The first kappa shape index (κ1) is 11.7. The van der Waals surface area contributed by atoms with Gasteiger partial charge in [0.25, 0.3) is 5.89 Å². The van der Waals surface area contributed by atoms with E-state index >= 15 is 0 Å². The summed E-state index contributed by atoms with van der Waals surface area (Å²) in [7, 11) is 0. The summed E-state index contributed by atoms with van der Waals surface area (Å²) in [4.78, 5) is 15.3. The van der Waals surface area contributed by atoms with Crippen molar-refractivity contribution in [1.29, 1.82) is 0 Å². The van der Waals surface area contributed by atoms with Crippen molar-refractivity contribution >= 4 is 28.0 Å². The quantitative estimate of drug-likeness (QED) is 0.601. The summed E-state index contributed by atoms with van der Waals surface area (Å²) in [5.74, 6) is -0.147. The second-order valence-electron chi connectivity index (χ2n) is 4.66. The largest absolute Gasteiger partial charge is 0.478 e. The van der Waals surface area contributed by atoms with Crippen molar-refractivity contribution in [3.63, 3.8) is 0 Å². The first-order valence-electron chi connectivity index (χ1n) is 6.33.